The van der Waals surface area contributed by atoms with Gasteiger partial charge in [0.25, 0.3) is 5.91 Å². The van der Waals surface area contributed by atoms with Gasteiger partial charge >= 0.3 is 0 Å². The Morgan fingerprint density at radius 3 is 2.88 bits per heavy atom. The molecule has 0 atom stereocenters. The molecule has 3 aromatic heterocycles. The second-order valence-electron chi connectivity index (χ2n) is 5.95. The third-order valence-electron chi connectivity index (χ3n) is 4.19. The average molecular weight is 353 g/mol. The molecule has 0 saturated carbocycles. The van der Waals surface area contributed by atoms with Crippen LogP contribution in [0.5, 0.6) is 0 Å². The van der Waals surface area contributed by atoms with Gasteiger partial charge < -0.3 is 19.4 Å². The molecular formula is C18H19N5O3. The van der Waals surface area contributed by atoms with E-state index >= 15 is 0 Å². The van der Waals surface area contributed by atoms with Crippen molar-refractivity contribution < 1.29 is 13.9 Å². The number of nitrogens with zero attached hydrogens (tertiary/aromatic N) is 3. The van der Waals surface area contributed by atoms with Crippen molar-refractivity contribution in [2.45, 2.75) is 6.54 Å². The Balaban J connectivity index is 1.34. The fraction of sp³-hybridized carbons (Fsp3) is 0.278. The lowest BCUT2D eigenvalue weighted by atomic mass is 10.2. The van der Waals surface area contributed by atoms with Crippen LogP contribution in [-0.2, 0) is 11.3 Å². The summed E-state index contributed by atoms with van der Waals surface area (Å²) >= 11 is 0. The zero-order chi connectivity index (χ0) is 17.8. The highest BCUT2D eigenvalue weighted by Crippen LogP contribution is 2.18. The summed E-state index contributed by atoms with van der Waals surface area (Å²) in [5.41, 5.74) is 1.91. The predicted octanol–water partition coefficient (Wildman–Crippen LogP) is 1.83. The van der Waals surface area contributed by atoms with Crippen LogP contribution in [0.3, 0.4) is 0 Å². The Labute approximate surface area is 150 Å². The number of H-pyrrole nitrogens is 1. The molecule has 1 fully saturated rings. The third kappa shape index (κ3) is 3.60. The highest BCUT2D eigenvalue weighted by atomic mass is 16.5. The van der Waals surface area contributed by atoms with Crippen molar-refractivity contribution in [3.8, 4) is 11.5 Å². The average Bonchev–Trinajstić information content (AvgIpc) is 3.39. The van der Waals surface area contributed by atoms with E-state index in [4.69, 9.17) is 9.15 Å². The fourth-order valence-electron chi connectivity index (χ4n) is 2.77. The van der Waals surface area contributed by atoms with Crippen molar-refractivity contribution in [3.05, 3.63) is 54.0 Å². The van der Waals surface area contributed by atoms with Gasteiger partial charge in [-0.25, -0.2) is 4.98 Å². The van der Waals surface area contributed by atoms with Crippen LogP contribution in [0.15, 0.2) is 47.2 Å². The maximum Gasteiger partial charge on any atom is 0.272 e. The van der Waals surface area contributed by atoms with Gasteiger partial charge in [0.1, 0.15) is 11.5 Å². The standard InChI is InChI=1S/C18H19N5O3/c24-18(15-10-14(21-22-15)16-2-1-7-26-16)20-12-13-3-4-17(19-11-13)23-5-8-25-9-6-23/h1-4,7,10-11H,5-6,8-9,12H2,(H,20,24)(H,21,22). The van der Waals surface area contributed by atoms with Crippen molar-refractivity contribution in [2.24, 2.45) is 0 Å². The van der Waals surface area contributed by atoms with Crippen LogP contribution >= 0.6 is 0 Å². The van der Waals surface area contributed by atoms with E-state index in [1.165, 1.54) is 0 Å². The highest BCUT2D eigenvalue weighted by Gasteiger charge is 2.14. The number of aromatic amines is 1. The monoisotopic (exact) mass is 353 g/mol. The molecule has 4 heterocycles. The second kappa shape index (κ2) is 7.40. The maximum absolute atomic E-state index is 12.2. The second-order valence-corrected chi connectivity index (χ2v) is 5.95. The lowest BCUT2D eigenvalue weighted by Crippen LogP contribution is -2.36. The molecule has 1 aliphatic heterocycles. The Morgan fingerprint density at radius 1 is 1.27 bits per heavy atom. The number of anilines is 1. The van der Waals surface area contributed by atoms with E-state index in [0.29, 0.717) is 23.7 Å². The zero-order valence-electron chi connectivity index (χ0n) is 14.1. The molecule has 4 rings (SSSR count). The molecular weight excluding hydrogens is 334 g/mol. The molecule has 2 N–H and O–H groups in total. The van der Waals surface area contributed by atoms with E-state index in [2.05, 4.69) is 25.4 Å². The van der Waals surface area contributed by atoms with Gasteiger partial charge in [-0.3, -0.25) is 9.89 Å². The van der Waals surface area contributed by atoms with Crippen LogP contribution in [0.2, 0.25) is 0 Å². The van der Waals surface area contributed by atoms with E-state index in [0.717, 1.165) is 37.7 Å². The van der Waals surface area contributed by atoms with Gasteiger partial charge in [0.05, 0.1) is 19.5 Å². The number of furan rings is 1. The smallest absolute Gasteiger partial charge is 0.272 e. The molecule has 134 valence electrons. The van der Waals surface area contributed by atoms with Crippen molar-refractivity contribution in [1.82, 2.24) is 20.5 Å². The van der Waals surface area contributed by atoms with E-state index in [1.54, 1.807) is 30.7 Å². The number of pyridine rings is 1. The molecule has 8 nitrogen and oxygen atoms in total. The maximum atomic E-state index is 12.2. The highest BCUT2D eigenvalue weighted by molar-refractivity contribution is 5.93. The molecule has 3 aromatic rings. The van der Waals surface area contributed by atoms with Crippen LogP contribution in [0, 0.1) is 0 Å². The molecule has 0 radical (unpaired) electrons. The number of amides is 1. The number of hydrogen-bond acceptors (Lipinski definition) is 6. The van der Waals surface area contributed by atoms with Crippen molar-refractivity contribution in [3.63, 3.8) is 0 Å². The third-order valence-corrected chi connectivity index (χ3v) is 4.19. The van der Waals surface area contributed by atoms with Gasteiger partial charge in [-0.15, -0.1) is 0 Å². The minimum absolute atomic E-state index is 0.253. The number of carbonyl (C=O) groups excluding carboxylic acids is 1. The van der Waals surface area contributed by atoms with E-state index in [-0.39, 0.29) is 5.91 Å². The predicted molar refractivity (Wildman–Crippen MR) is 94.7 cm³/mol. The van der Waals surface area contributed by atoms with Gasteiger partial charge in [-0.2, -0.15) is 5.10 Å². The van der Waals surface area contributed by atoms with Gasteiger partial charge in [0.15, 0.2) is 11.5 Å². The van der Waals surface area contributed by atoms with Crippen molar-refractivity contribution in [2.75, 3.05) is 31.2 Å². The summed E-state index contributed by atoms with van der Waals surface area (Å²) in [6.07, 6.45) is 3.35. The molecule has 26 heavy (non-hydrogen) atoms. The first-order chi connectivity index (χ1) is 12.8. The first-order valence-electron chi connectivity index (χ1n) is 8.45. The Hall–Kier alpha value is -3.13. The minimum Gasteiger partial charge on any atom is -0.463 e. The number of ether oxygens (including phenoxy) is 1. The fourth-order valence-corrected chi connectivity index (χ4v) is 2.77. The van der Waals surface area contributed by atoms with Crippen LogP contribution in [0.25, 0.3) is 11.5 Å². The summed E-state index contributed by atoms with van der Waals surface area (Å²) in [6.45, 7) is 3.53. The number of rotatable bonds is 5. The van der Waals surface area contributed by atoms with E-state index in [1.807, 2.05) is 12.1 Å². The molecule has 1 aliphatic rings. The van der Waals surface area contributed by atoms with Crippen molar-refractivity contribution in [1.29, 1.82) is 0 Å². The normalized spacial score (nSPS) is 14.4. The Morgan fingerprint density at radius 2 is 2.15 bits per heavy atom. The van der Waals surface area contributed by atoms with Gasteiger partial charge in [0.2, 0.25) is 0 Å². The van der Waals surface area contributed by atoms with Crippen molar-refractivity contribution >= 4 is 11.7 Å². The summed E-state index contributed by atoms with van der Waals surface area (Å²) in [5, 5.41) is 9.67. The molecule has 0 aliphatic carbocycles. The largest absolute Gasteiger partial charge is 0.463 e. The van der Waals surface area contributed by atoms with Gasteiger partial charge in [-0.1, -0.05) is 6.07 Å². The summed E-state index contributed by atoms with van der Waals surface area (Å²) in [6, 6.07) is 9.18. The number of hydrogen-bond donors (Lipinski definition) is 2. The number of aromatic nitrogens is 3. The number of nitrogens with one attached hydrogen (secondary N) is 2. The molecule has 1 saturated heterocycles. The molecule has 8 heteroatoms. The van der Waals surface area contributed by atoms with Crippen LogP contribution < -0.4 is 10.2 Å². The van der Waals surface area contributed by atoms with E-state index in [9.17, 15) is 4.79 Å². The Kier molecular flexibility index (Phi) is 4.65. The molecule has 0 unspecified atom stereocenters. The van der Waals surface area contributed by atoms with Crippen LogP contribution in [0.1, 0.15) is 16.1 Å². The summed E-state index contributed by atoms with van der Waals surface area (Å²) in [5.74, 6) is 1.31. The summed E-state index contributed by atoms with van der Waals surface area (Å²) in [4.78, 5) is 18.9. The van der Waals surface area contributed by atoms with E-state index < -0.39 is 0 Å². The first-order valence-corrected chi connectivity index (χ1v) is 8.45. The quantitative estimate of drug-likeness (QED) is 0.726. The van der Waals surface area contributed by atoms with Crippen LogP contribution in [-0.4, -0.2) is 47.4 Å². The molecule has 0 spiro atoms. The number of morpholine rings is 1. The first kappa shape index (κ1) is 16.3. The van der Waals surface area contributed by atoms with Crippen LogP contribution in [0.4, 0.5) is 5.82 Å². The SMILES string of the molecule is O=C(NCc1ccc(N2CCOCC2)nc1)c1cc(-c2ccco2)[nH]n1. The lowest BCUT2D eigenvalue weighted by molar-refractivity contribution is 0.0946. The summed E-state index contributed by atoms with van der Waals surface area (Å²) in [7, 11) is 0. The lowest BCUT2D eigenvalue weighted by Gasteiger charge is -2.27. The molecule has 0 bridgehead atoms. The number of carbonyl (C=O) groups is 1. The topological polar surface area (TPSA) is 96.3 Å². The minimum atomic E-state index is -0.253. The van der Waals surface area contributed by atoms with Gasteiger partial charge in [0, 0.05) is 31.9 Å². The molecule has 0 aromatic carbocycles. The zero-order valence-corrected chi connectivity index (χ0v) is 14.1. The summed E-state index contributed by atoms with van der Waals surface area (Å²) < 4.78 is 10.6. The van der Waals surface area contributed by atoms with Gasteiger partial charge in [-0.05, 0) is 23.8 Å². The Bertz CT molecular complexity index is 851. The molecule has 1 amide bonds.